The van der Waals surface area contributed by atoms with Crippen molar-refractivity contribution in [2.24, 2.45) is 0 Å². The van der Waals surface area contributed by atoms with Gasteiger partial charge in [0.25, 0.3) is 5.56 Å². The molecular formula is C19H16N2O. The molecule has 0 aliphatic heterocycles. The van der Waals surface area contributed by atoms with Crippen LogP contribution >= 0.6 is 0 Å². The van der Waals surface area contributed by atoms with Crippen LogP contribution in [0.3, 0.4) is 0 Å². The summed E-state index contributed by atoms with van der Waals surface area (Å²) in [6.07, 6.45) is 4.81. The Bertz CT molecular complexity index is 1040. The SMILES string of the molecule is CCc1cccc2c1ccn2-c1ccc2c(=O)[nH]ccc2c1. The van der Waals surface area contributed by atoms with Crippen LogP contribution < -0.4 is 5.56 Å². The summed E-state index contributed by atoms with van der Waals surface area (Å²) < 4.78 is 2.18. The van der Waals surface area contributed by atoms with Gasteiger partial charge < -0.3 is 9.55 Å². The monoisotopic (exact) mass is 288 g/mol. The molecule has 0 aliphatic rings. The van der Waals surface area contributed by atoms with Gasteiger partial charge in [0.05, 0.1) is 5.52 Å². The lowest BCUT2D eigenvalue weighted by Crippen LogP contribution is -2.04. The molecule has 3 nitrogen and oxygen atoms in total. The fraction of sp³-hybridized carbons (Fsp3) is 0.105. The number of hydrogen-bond acceptors (Lipinski definition) is 1. The van der Waals surface area contributed by atoms with Gasteiger partial charge >= 0.3 is 0 Å². The van der Waals surface area contributed by atoms with Crippen molar-refractivity contribution in [3.05, 3.63) is 76.8 Å². The highest BCUT2D eigenvalue weighted by Crippen LogP contribution is 2.25. The molecule has 2 aromatic carbocycles. The Kier molecular flexibility index (Phi) is 2.86. The summed E-state index contributed by atoms with van der Waals surface area (Å²) in [6, 6.07) is 16.4. The third kappa shape index (κ3) is 1.86. The van der Waals surface area contributed by atoms with E-state index < -0.39 is 0 Å². The molecule has 0 unspecified atom stereocenters. The van der Waals surface area contributed by atoms with Gasteiger partial charge in [0, 0.05) is 28.9 Å². The first kappa shape index (κ1) is 12.9. The molecule has 4 aromatic rings. The minimum Gasteiger partial charge on any atom is -0.329 e. The minimum absolute atomic E-state index is 0.0466. The van der Waals surface area contributed by atoms with Gasteiger partial charge in [0.1, 0.15) is 0 Å². The molecule has 0 saturated carbocycles. The maximum absolute atomic E-state index is 11.8. The van der Waals surface area contributed by atoms with Gasteiger partial charge in [-0.15, -0.1) is 0 Å². The number of pyridine rings is 1. The molecule has 0 radical (unpaired) electrons. The fourth-order valence-electron chi connectivity index (χ4n) is 3.09. The molecule has 1 N–H and O–H groups in total. The summed E-state index contributed by atoms with van der Waals surface area (Å²) in [6.45, 7) is 2.18. The summed E-state index contributed by atoms with van der Waals surface area (Å²) in [7, 11) is 0. The Labute approximate surface area is 127 Å². The number of rotatable bonds is 2. The zero-order valence-corrected chi connectivity index (χ0v) is 12.3. The van der Waals surface area contributed by atoms with Gasteiger partial charge in [-0.3, -0.25) is 4.79 Å². The summed E-state index contributed by atoms with van der Waals surface area (Å²) in [5.74, 6) is 0. The zero-order chi connectivity index (χ0) is 15.1. The Hall–Kier alpha value is -2.81. The van der Waals surface area contributed by atoms with Crippen molar-refractivity contribution in [1.29, 1.82) is 0 Å². The predicted octanol–water partition coefficient (Wildman–Crippen LogP) is 4.03. The van der Waals surface area contributed by atoms with Crippen LogP contribution in [0.5, 0.6) is 0 Å². The van der Waals surface area contributed by atoms with E-state index in [1.54, 1.807) is 6.20 Å². The van der Waals surface area contributed by atoms with E-state index in [4.69, 9.17) is 0 Å². The summed E-state index contributed by atoms with van der Waals surface area (Å²) in [5, 5.41) is 2.96. The first-order chi connectivity index (χ1) is 10.8. The summed E-state index contributed by atoms with van der Waals surface area (Å²) >= 11 is 0. The van der Waals surface area contributed by atoms with Crippen LogP contribution in [-0.4, -0.2) is 9.55 Å². The summed E-state index contributed by atoms with van der Waals surface area (Å²) in [4.78, 5) is 14.5. The quantitative estimate of drug-likeness (QED) is 0.594. The zero-order valence-electron chi connectivity index (χ0n) is 12.3. The van der Waals surface area contributed by atoms with Crippen molar-refractivity contribution in [1.82, 2.24) is 9.55 Å². The topological polar surface area (TPSA) is 37.8 Å². The molecule has 0 amide bonds. The van der Waals surface area contributed by atoms with Crippen LogP contribution in [0, 0.1) is 0 Å². The molecule has 4 rings (SSSR count). The van der Waals surface area contributed by atoms with Gasteiger partial charge in [-0.2, -0.15) is 0 Å². The second-order valence-electron chi connectivity index (χ2n) is 5.47. The van der Waals surface area contributed by atoms with Crippen LogP contribution in [0.1, 0.15) is 12.5 Å². The van der Waals surface area contributed by atoms with E-state index in [-0.39, 0.29) is 5.56 Å². The molecule has 0 fully saturated rings. The van der Waals surface area contributed by atoms with Crippen molar-refractivity contribution >= 4 is 21.7 Å². The first-order valence-corrected chi connectivity index (χ1v) is 7.48. The van der Waals surface area contributed by atoms with Gasteiger partial charge in [0.2, 0.25) is 0 Å². The molecule has 0 aliphatic carbocycles. The average molecular weight is 288 g/mol. The van der Waals surface area contributed by atoms with Gasteiger partial charge in [-0.1, -0.05) is 19.1 Å². The van der Waals surface area contributed by atoms with Gasteiger partial charge in [-0.25, -0.2) is 0 Å². The molecule has 0 spiro atoms. The van der Waals surface area contributed by atoms with E-state index in [0.29, 0.717) is 0 Å². The molecule has 0 bridgehead atoms. The number of aromatic amines is 1. The van der Waals surface area contributed by atoms with E-state index >= 15 is 0 Å². The second-order valence-corrected chi connectivity index (χ2v) is 5.47. The third-order valence-electron chi connectivity index (χ3n) is 4.24. The lowest BCUT2D eigenvalue weighted by molar-refractivity contribution is 1.12. The Morgan fingerprint density at radius 2 is 1.95 bits per heavy atom. The minimum atomic E-state index is -0.0466. The van der Waals surface area contributed by atoms with Crippen molar-refractivity contribution in [2.75, 3.05) is 0 Å². The van der Waals surface area contributed by atoms with Gasteiger partial charge in [0.15, 0.2) is 0 Å². The Balaban J connectivity index is 1.97. The van der Waals surface area contributed by atoms with Crippen molar-refractivity contribution < 1.29 is 0 Å². The highest BCUT2D eigenvalue weighted by Gasteiger charge is 2.07. The van der Waals surface area contributed by atoms with E-state index in [1.165, 1.54) is 16.5 Å². The van der Waals surface area contributed by atoms with Crippen LogP contribution in [0.2, 0.25) is 0 Å². The highest BCUT2D eigenvalue weighted by molar-refractivity contribution is 5.87. The maximum Gasteiger partial charge on any atom is 0.255 e. The molecule has 2 heterocycles. The van der Waals surface area contributed by atoms with Crippen LogP contribution in [0.25, 0.3) is 27.4 Å². The van der Waals surface area contributed by atoms with E-state index in [9.17, 15) is 4.79 Å². The summed E-state index contributed by atoms with van der Waals surface area (Å²) in [5.41, 5.74) is 3.58. The average Bonchev–Trinajstić information content (AvgIpc) is 2.99. The normalized spacial score (nSPS) is 11.3. The van der Waals surface area contributed by atoms with Crippen molar-refractivity contribution in [3.63, 3.8) is 0 Å². The Morgan fingerprint density at radius 3 is 2.82 bits per heavy atom. The molecule has 2 aromatic heterocycles. The first-order valence-electron chi connectivity index (χ1n) is 7.48. The number of nitrogens with zero attached hydrogens (tertiary/aromatic N) is 1. The van der Waals surface area contributed by atoms with E-state index in [2.05, 4.69) is 53.0 Å². The smallest absolute Gasteiger partial charge is 0.255 e. The van der Waals surface area contributed by atoms with Gasteiger partial charge in [-0.05, 0) is 53.8 Å². The third-order valence-corrected chi connectivity index (χ3v) is 4.24. The standard InChI is InChI=1S/C19H16N2O/c1-2-13-4-3-5-18-16(13)9-11-21(18)15-6-7-17-14(12-15)8-10-20-19(17)22/h3-12H,2H2,1H3,(H,20,22). The largest absolute Gasteiger partial charge is 0.329 e. The highest BCUT2D eigenvalue weighted by atomic mass is 16.1. The van der Waals surface area contributed by atoms with Crippen LogP contribution in [-0.2, 0) is 6.42 Å². The number of benzene rings is 2. The molecule has 0 atom stereocenters. The number of aromatic nitrogens is 2. The number of hydrogen-bond donors (Lipinski definition) is 1. The van der Waals surface area contributed by atoms with Crippen LogP contribution in [0.15, 0.2) is 65.7 Å². The number of H-pyrrole nitrogens is 1. The molecular weight excluding hydrogens is 272 g/mol. The molecule has 22 heavy (non-hydrogen) atoms. The Morgan fingerprint density at radius 1 is 1.05 bits per heavy atom. The van der Waals surface area contributed by atoms with E-state index in [0.717, 1.165) is 22.9 Å². The lowest BCUT2D eigenvalue weighted by atomic mass is 10.1. The second kappa shape index (κ2) is 4.88. The number of nitrogens with one attached hydrogen (secondary N) is 1. The van der Waals surface area contributed by atoms with Crippen molar-refractivity contribution in [3.8, 4) is 5.69 Å². The molecule has 108 valence electrons. The lowest BCUT2D eigenvalue weighted by Gasteiger charge is -2.08. The fourth-order valence-corrected chi connectivity index (χ4v) is 3.09. The molecule has 3 heteroatoms. The molecule has 0 saturated heterocycles. The van der Waals surface area contributed by atoms with Crippen molar-refractivity contribution in [2.45, 2.75) is 13.3 Å². The number of fused-ring (bicyclic) bond motifs is 2. The maximum atomic E-state index is 11.8. The number of aryl methyl sites for hydroxylation is 1. The predicted molar refractivity (Wildman–Crippen MR) is 90.8 cm³/mol. The van der Waals surface area contributed by atoms with E-state index in [1.807, 2.05) is 18.2 Å². The van der Waals surface area contributed by atoms with Crippen LogP contribution in [0.4, 0.5) is 0 Å².